The van der Waals surface area contributed by atoms with E-state index in [2.05, 4.69) is 5.43 Å². The zero-order valence-electron chi connectivity index (χ0n) is 9.38. The van der Waals surface area contributed by atoms with Crippen molar-refractivity contribution in [1.29, 1.82) is 0 Å². The lowest BCUT2D eigenvalue weighted by Crippen LogP contribution is -2.07. The molecule has 0 heterocycles. The van der Waals surface area contributed by atoms with Gasteiger partial charge in [-0.15, -0.1) is 0 Å². The number of nitrogen functional groups attached to an aromatic ring is 1. The normalized spacial score (nSPS) is 10.4. The molecule has 0 aliphatic carbocycles. The number of anilines is 1. The number of nitrogens with one attached hydrogen (secondary N) is 1. The van der Waals surface area contributed by atoms with Crippen molar-refractivity contribution in [3.8, 4) is 11.5 Å². The molecule has 0 radical (unpaired) electrons. The number of nitrogens with two attached hydrogens (primary N) is 1. The number of rotatable bonds is 3. The highest BCUT2D eigenvalue weighted by Gasteiger charge is 2.12. The second-order valence-electron chi connectivity index (χ2n) is 3.56. The van der Waals surface area contributed by atoms with Gasteiger partial charge in [0.25, 0.3) is 0 Å². The first-order chi connectivity index (χ1) is 9.02. The summed E-state index contributed by atoms with van der Waals surface area (Å²) in [6.45, 7) is 0. The van der Waals surface area contributed by atoms with Crippen LogP contribution in [0, 0.1) is 11.6 Å². The first-order valence-electron chi connectivity index (χ1n) is 5.10. The standard InChI is InChI=1S/C12H8Cl2F2N2O/c13-7-4-6(5-8(14)12(7)18-17)19-10-3-1-2-9(15)11(10)16/h1-5,18H,17H2. The summed E-state index contributed by atoms with van der Waals surface area (Å²) in [6, 6.07) is 6.37. The van der Waals surface area contributed by atoms with Gasteiger partial charge in [-0.2, -0.15) is 4.39 Å². The van der Waals surface area contributed by atoms with Gasteiger partial charge >= 0.3 is 0 Å². The lowest BCUT2D eigenvalue weighted by molar-refractivity contribution is 0.416. The van der Waals surface area contributed by atoms with Crippen LogP contribution in [0.15, 0.2) is 30.3 Å². The molecule has 19 heavy (non-hydrogen) atoms. The SMILES string of the molecule is NNc1c(Cl)cc(Oc2cccc(F)c2F)cc1Cl. The van der Waals surface area contributed by atoms with E-state index in [1.54, 1.807) is 0 Å². The second-order valence-corrected chi connectivity index (χ2v) is 4.37. The van der Waals surface area contributed by atoms with Crippen molar-refractivity contribution in [3.63, 3.8) is 0 Å². The summed E-state index contributed by atoms with van der Waals surface area (Å²) in [7, 11) is 0. The van der Waals surface area contributed by atoms with E-state index in [1.165, 1.54) is 24.3 Å². The molecule has 2 aromatic carbocycles. The molecular weight excluding hydrogens is 297 g/mol. The van der Waals surface area contributed by atoms with Crippen molar-refractivity contribution in [2.75, 3.05) is 5.43 Å². The zero-order valence-corrected chi connectivity index (χ0v) is 10.9. The average Bonchev–Trinajstić information content (AvgIpc) is 2.35. The van der Waals surface area contributed by atoms with E-state index in [-0.39, 0.29) is 21.5 Å². The van der Waals surface area contributed by atoms with Crippen LogP contribution in [0.3, 0.4) is 0 Å². The van der Waals surface area contributed by atoms with E-state index in [1.807, 2.05) is 0 Å². The maximum Gasteiger partial charge on any atom is 0.201 e. The topological polar surface area (TPSA) is 47.3 Å². The number of ether oxygens (including phenoxy) is 1. The van der Waals surface area contributed by atoms with Crippen molar-refractivity contribution >= 4 is 28.9 Å². The summed E-state index contributed by atoms with van der Waals surface area (Å²) >= 11 is 11.8. The van der Waals surface area contributed by atoms with Crippen LogP contribution in [0.2, 0.25) is 10.0 Å². The molecule has 7 heteroatoms. The van der Waals surface area contributed by atoms with Gasteiger partial charge in [0.2, 0.25) is 5.82 Å². The Labute approximate surface area is 117 Å². The highest BCUT2D eigenvalue weighted by molar-refractivity contribution is 6.39. The number of hydrazine groups is 1. The fraction of sp³-hybridized carbons (Fsp3) is 0. The van der Waals surface area contributed by atoms with Gasteiger partial charge in [-0.1, -0.05) is 29.3 Å². The van der Waals surface area contributed by atoms with Crippen molar-refractivity contribution < 1.29 is 13.5 Å². The summed E-state index contributed by atoms with van der Waals surface area (Å²) in [5, 5.41) is 0.392. The minimum absolute atomic E-state index is 0.165. The van der Waals surface area contributed by atoms with Crippen LogP contribution in [0.1, 0.15) is 0 Å². The van der Waals surface area contributed by atoms with Crippen LogP contribution in [-0.2, 0) is 0 Å². The summed E-state index contributed by atoms with van der Waals surface area (Å²) in [5.74, 6) is 3.04. The highest BCUT2D eigenvalue weighted by Crippen LogP contribution is 2.36. The molecule has 0 unspecified atom stereocenters. The van der Waals surface area contributed by atoms with Gasteiger partial charge in [-0.3, -0.25) is 5.84 Å². The van der Waals surface area contributed by atoms with Gasteiger partial charge in [0.1, 0.15) is 5.75 Å². The quantitative estimate of drug-likeness (QED) is 0.654. The molecule has 3 N–H and O–H groups in total. The monoisotopic (exact) mass is 304 g/mol. The third-order valence-electron chi connectivity index (χ3n) is 2.30. The Morgan fingerprint density at radius 2 is 1.74 bits per heavy atom. The summed E-state index contributed by atoms with van der Waals surface area (Å²) in [5.41, 5.74) is 2.64. The van der Waals surface area contributed by atoms with Gasteiger partial charge < -0.3 is 10.2 Å². The van der Waals surface area contributed by atoms with Crippen LogP contribution in [0.5, 0.6) is 11.5 Å². The third-order valence-corrected chi connectivity index (χ3v) is 2.90. The number of benzene rings is 2. The van der Waals surface area contributed by atoms with Crippen molar-refractivity contribution in [3.05, 3.63) is 52.0 Å². The predicted octanol–water partition coefficient (Wildman–Crippen LogP) is 4.35. The Balaban J connectivity index is 2.36. The molecule has 0 saturated carbocycles. The van der Waals surface area contributed by atoms with E-state index in [4.69, 9.17) is 33.8 Å². The van der Waals surface area contributed by atoms with Gasteiger partial charge in [-0.25, -0.2) is 4.39 Å². The first kappa shape index (κ1) is 13.9. The highest BCUT2D eigenvalue weighted by atomic mass is 35.5. The fourth-order valence-corrected chi connectivity index (χ4v) is 2.01. The maximum atomic E-state index is 13.4. The largest absolute Gasteiger partial charge is 0.454 e. The van der Waals surface area contributed by atoms with E-state index in [0.717, 1.165) is 6.07 Å². The number of halogens is 4. The molecule has 0 aliphatic heterocycles. The van der Waals surface area contributed by atoms with Crippen LogP contribution < -0.4 is 16.0 Å². The average molecular weight is 305 g/mol. The molecule has 0 aromatic heterocycles. The van der Waals surface area contributed by atoms with Crippen LogP contribution in [-0.4, -0.2) is 0 Å². The molecule has 0 aliphatic rings. The molecule has 2 aromatic rings. The number of hydrogen-bond acceptors (Lipinski definition) is 3. The minimum atomic E-state index is -1.09. The Bertz CT molecular complexity index is 600. The second kappa shape index (κ2) is 5.61. The zero-order chi connectivity index (χ0) is 14.0. The molecule has 3 nitrogen and oxygen atoms in total. The molecule has 100 valence electrons. The molecule has 0 spiro atoms. The Morgan fingerprint density at radius 3 is 2.32 bits per heavy atom. The fourth-order valence-electron chi connectivity index (χ4n) is 1.44. The molecular formula is C12H8Cl2F2N2O. The van der Waals surface area contributed by atoms with Crippen molar-refractivity contribution in [2.45, 2.75) is 0 Å². The van der Waals surface area contributed by atoms with Crippen molar-refractivity contribution in [1.82, 2.24) is 0 Å². The lowest BCUT2D eigenvalue weighted by Gasteiger charge is -2.11. The van der Waals surface area contributed by atoms with Gasteiger partial charge in [0.05, 0.1) is 15.7 Å². The Kier molecular flexibility index (Phi) is 4.09. The van der Waals surface area contributed by atoms with Crippen molar-refractivity contribution in [2.24, 2.45) is 5.84 Å². The minimum Gasteiger partial charge on any atom is -0.454 e. The Hall–Kier alpha value is -1.56. The van der Waals surface area contributed by atoms with E-state index < -0.39 is 11.6 Å². The summed E-state index contributed by atoms with van der Waals surface area (Å²) < 4.78 is 31.7. The van der Waals surface area contributed by atoms with E-state index in [0.29, 0.717) is 5.69 Å². The molecule has 0 bridgehead atoms. The molecule has 0 fully saturated rings. The third kappa shape index (κ3) is 2.89. The molecule has 0 amide bonds. The maximum absolute atomic E-state index is 13.4. The van der Waals surface area contributed by atoms with Gasteiger partial charge in [0, 0.05) is 12.1 Å². The van der Waals surface area contributed by atoms with E-state index >= 15 is 0 Å². The molecule has 2 rings (SSSR count). The summed E-state index contributed by atoms with van der Waals surface area (Å²) in [4.78, 5) is 0. The van der Waals surface area contributed by atoms with Crippen LogP contribution in [0.25, 0.3) is 0 Å². The van der Waals surface area contributed by atoms with E-state index in [9.17, 15) is 8.78 Å². The van der Waals surface area contributed by atoms with Crippen LogP contribution >= 0.6 is 23.2 Å². The molecule has 0 saturated heterocycles. The smallest absolute Gasteiger partial charge is 0.201 e. The Morgan fingerprint density at radius 1 is 1.11 bits per heavy atom. The number of hydrogen-bond donors (Lipinski definition) is 2. The first-order valence-corrected chi connectivity index (χ1v) is 5.86. The lowest BCUT2D eigenvalue weighted by atomic mass is 10.3. The summed E-state index contributed by atoms with van der Waals surface area (Å²) in [6.07, 6.45) is 0. The van der Waals surface area contributed by atoms with Crippen LogP contribution in [0.4, 0.5) is 14.5 Å². The molecule has 0 atom stereocenters. The van der Waals surface area contributed by atoms with Gasteiger partial charge in [-0.05, 0) is 12.1 Å². The predicted molar refractivity (Wildman–Crippen MR) is 70.7 cm³/mol. The van der Waals surface area contributed by atoms with Gasteiger partial charge in [0.15, 0.2) is 11.6 Å².